The first-order chi connectivity index (χ1) is 14.3. The minimum atomic E-state index is -4.68. The van der Waals surface area contributed by atoms with Crippen LogP contribution in [-0.2, 0) is 30.2 Å². The van der Waals surface area contributed by atoms with Gasteiger partial charge in [-0.1, -0.05) is 6.07 Å². The number of carbonyl (C=O) groups is 1. The predicted molar refractivity (Wildman–Crippen MR) is 97.1 cm³/mol. The number of nitrogens with one attached hydrogen (secondary N) is 1. The van der Waals surface area contributed by atoms with Crippen LogP contribution < -0.4 is 5.32 Å². The van der Waals surface area contributed by atoms with Crippen molar-refractivity contribution >= 4 is 5.91 Å². The summed E-state index contributed by atoms with van der Waals surface area (Å²) in [5.41, 5.74) is -0.790. The van der Waals surface area contributed by atoms with Crippen molar-refractivity contribution in [2.24, 2.45) is 0 Å². The first-order valence-electron chi connectivity index (χ1n) is 8.95. The van der Waals surface area contributed by atoms with E-state index in [1.807, 2.05) is 0 Å². The number of aryl methyl sites for hydroxylation is 2. The number of alkyl halides is 6. The molecule has 0 aliphatic rings. The van der Waals surface area contributed by atoms with Crippen LogP contribution in [0.3, 0.4) is 0 Å². The topological polar surface area (TPSA) is 64.7 Å². The van der Waals surface area contributed by atoms with Crippen molar-refractivity contribution < 1.29 is 31.1 Å². The molecule has 2 aromatic heterocycles. The molecule has 3 aromatic rings. The number of hydrogen-bond acceptors (Lipinski definition) is 3. The smallest absolute Gasteiger partial charge is 0.350 e. The summed E-state index contributed by atoms with van der Waals surface area (Å²) in [6.07, 6.45) is -8.38. The quantitative estimate of drug-likeness (QED) is 0.603. The van der Waals surface area contributed by atoms with Crippen molar-refractivity contribution in [1.29, 1.82) is 0 Å². The van der Waals surface area contributed by atoms with Crippen molar-refractivity contribution in [3.05, 3.63) is 64.7 Å². The molecule has 0 atom stereocenters. The molecule has 1 amide bonds. The van der Waals surface area contributed by atoms with Crippen LogP contribution in [0.2, 0.25) is 0 Å². The lowest BCUT2D eigenvalue weighted by atomic mass is 10.1. The Bertz CT molecular complexity index is 1100. The van der Waals surface area contributed by atoms with E-state index in [0.717, 1.165) is 16.9 Å². The van der Waals surface area contributed by atoms with Crippen LogP contribution in [-0.4, -0.2) is 25.5 Å². The highest BCUT2D eigenvalue weighted by Gasteiger charge is 2.35. The molecule has 0 bridgehead atoms. The van der Waals surface area contributed by atoms with Gasteiger partial charge in [0.25, 0.3) is 0 Å². The average Bonchev–Trinajstić information content (AvgIpc) is 3.25. The standard InChI is InChI=1S/C19H17F6N5O/c1-11-7-12(2)30(27-11)14-4-3-13(15(8-14)18(20,21)22)9-26-17(31)10-29-6-5-16(28-29)19(23,24)25/h3-8H,9-10H2,1-2H3,(H,26,31). The molecule has 0 aliphatic heterocycles. The lowest BCUT2D eigenvalue weighted by Crippen LogP contribution is -2.28. The Hall–Kier alpha value is -3.31. The molecule has 3 rings (SSSR count). The summed E-state index contributed by atoms with van der Waals surface area (Å²) >= 11 is 0. The Kier molecular flexibility index (Phi) is 5.83. The van der Waals surface area contributed by atoms with E-state index in [-0.39, 0.29) is 11.3 Å². The Morgan fingerprint density at radius 3 is 2.26 bits per heavy atom. The molecule has 0 spiro atoms. The Morgan fingerprint density at radius 1 is 1.00 bits per heavy atom. The second kappa shape index (κ2) is 8.08. The molecule has 0 unspecified atom stereocenters. The highest BCUT2D eigenvalue weighted by atomic mass is 19.4. The van der Waals surface area contributed by atoms with Crippen molar-refractivity contribution in [1.82, 2.24) is 24.9 Å². The molecule has 1 aromatic carbocycles. The molecule has 2 heterocycles. The number of hydrogen-bond donors (Lipinski definition) is 1. The first kappa shape index (κ1) is 22.4. The molecular weight excluding hydrogens is 428 g/mol. The molecule has 1 N–H and O–H groups in total. The van der Waals surface area contributed by atoms with Gasteiger partial charge in [0.05, 0.1) is 16.9 Å². The Balaban J connectivity index is 1.75. The molecule has 0 radical (unpaired) electrons. The third-order valence-corrected chi connectivity index (χ3v) is 4.37. The van der Waals surface area contributed by atoms with Crippen LogP contribution in [0, 0.1) is 13.8 Å². The molecule has 12 heteroatoms. The zero-order valence-corrected chi connectivity index (χ0v) is 16.3. The van der Waals surface area contributed by atoms with Gasteiger partial charge in [-0.2, -0.15) is 36.5 Å². The Morgan fingerprint density at radius 2 is 1.71 bits per heavy atom. The highest BCUT2D eigenvalue weighted by molar-refractivity contribution is 5.75. The van der Waals surface area contributed by atoms with E-state index in [2.05, 4.69) is 15.5 Å². The zero-order chi connectivity index (χ0) is 23.0. The van der Waals surface area contributed by atoms with Crippen molar-refractivity contribution in [3.8, 4) is 5.69 Å². The predicted octanol–water partition coefficient (Wildman–Crippen LogP) is 4.04. The monoisotopic (exact) mass is 445 g/mol. The maximum atomic E-state index is 13.6. The SMILES string of the molecule is Cc1cc(C)n(-c2ccc(CNC(=O)Cn3ccc(C(F)(F)F)n3)c(C(F)(F)F)c2)n1. The van der Waals surface area contributed by atoms with Crippen molar-refractivity contribution in [3.63, 3.8) is 0 Å². The van der Waals surface area contributed by atoms with Gasteiger partial charge in [-0.25, -0.2) is 4.68 Å². The maximum Gasteiger partial charge on any atom is 0.435 e. The summed E-state index contributed by atoms with van der Waals surface area (Å²) in [5, 5.41) is 9.67. The second-order valence-corrected chi connectivity index (χ2v) is 6.85. The zero-order valence-electron chi connectivity index (χ0n) is 16.3. The number of amides is 1. The van der Waals surface area contributed by atoms with Crippen molar-refractivity contribution in [2.75, 3.05) is 0 Å². The summed E-state index contributed by atoms with van der Waals surface area (Å²) in [4.78, 5) is 12.0. The summed E-state index contributed by atoms with van der Waals surface area (Å²) in [6, 6.07) is 6.03. The summed E-state index contributed by atoms with van der Waals surface area (Å²) < 4.78 is 80.5. The van der Waals surface area contributed by atoms with Gasteiger partial charge in [-0.15, -0.1) is 0 Å². The van der Waals surface area contributed by atoms with Gasteiger partial charge < -0.3 is 5.32 Å². The van der Waals surface area contributed by atoms with E-state index < -0.39 is 42.6 Å². The summed E-state index contributed by atoms with van der Waals surface area (Å²) in [7, 11) is 0. The normalized spacial score (nSPS) is 12.3. The van der Waals surface area contributed by atoms with Gasteiger partial charge in [-0.3, -0.25) is 9.48 Å². The number of carbonyl (C=O) groups excluding carboxylic acids is 1. The number of halogens is 6. The van der Waals surface area contributed by atoms with E-state index in [9.17, 15) is 31.1 Å². The summed E-state index contributed by atoms with van der Waals surface area (Å²) in [6.45, 7) is 2.40. The second-order valence-electron chi connectivity index (χ2n) is 6.85. The molecule has 0 fully saturated rings. The Labute approximate surface area is 172 Å². The molecule has 6 nitrogen and oxygen atoms in total. The largest absolute Gasteiger partial charge is 0.435 e. The molecule has 0 saturated heterocycles. The number of nitrogens with zero attached hydrogens (tertiary/aromatic N) is 4. The van der Waals surface area contributed by atoms with Crippen molar-refractivity contribution in [2.45, 2.75) is 39.3 Å². The first-order valence-corrected chi connectivity index (χ1v) is 8.95. The van der Waals surface area contributed by atoms with E-state index in [1.165, 1.54) is 16.8 Å². The minimum absolute atomic E-state index is 0.192. The summed E-state index contributed by atoms with van der Waals surface area (Å²) in [5.74, 6) is -0.785. The molecular formula is C19H17F6N5O. The van der Waals surface area contributed by atoms with Gasteiger partial charge in [-0.05, 0) is 43.7 Å². The number of aromatic nitrogens is 4. The van der Waals surface area contributed by atoms with E-state index in [0.29, 0.717) is 17.5 Å². The van der Waals surface area contributed by atoms with Gasteiger partial charge in [0.1, 0.15) is 6.54 Å². The van der Waals surface area contributed by atoms with Gasteiger partial charge >= 0.3 is 12.4 Å². The lowest BCUT2D eigenvalue weighted by molar-refractivity contribution is -0.141. The number of rotatable bonds is 5. The van der Waals surface area contributed by atoms with Crippen LogP contribution in [0.1, 0.15) is 28.2 Å². The fraction of sp³-hybridized carbons (Fsp3) is 0.316. The van der Waals surface area contributed by atoms with Gasteiger partial charge in [0, 0.05) is 18.4 Å². The van der Waals surface area contributed by atoms with Crippen LogP contribution in [0.5, 0.6) is 0 Å². The van der Waals surface area contributed by atoms with Crippen LogP contribution in [0.25, 0.3) is 5.69 Å². The van der Waals surface area contributed by atoms with Gasteiger partial charge in [0.15, 0.2) is 5.69 Å². The number of benzene rings is 1. The van der Waals surface area contributed by atoms with E-state index in [4.69, 9.17) is 0 Å². The fourth-order valence-corrected chi connectivity index (χ4v) is 3.00. The third-order valence-electron chi connectivity index (χ3n) is 4.37. The molecule has 166 valence electrons. The molecule has 31 heavy (non-hydrogen) atoms. The van der Waals surface area contributed by atoms with Crippen LogP contribution in [0.4, 0.5) is 26.3 Å². The maximum absolute atomic E-state index is 13.6. The van der Waals surface area contributed by atoms with Gasteiger partial charge in [0.2, 0.25) is 5.91 Å². The molecule has 0 aliphatic carbocycles. The fourth-order valence-electron chi connectivity index (χ4n) is 3.00. The minimum Gasteiger partial charge on any atom is -0.350 e. The highest BCUT2D eigenvalue weighted by Crippen LogP contribution is 2.33. The van der Waals surface area contributed by atoms with E-state index in [1.54, 1.807) is 19.9 Å². The molecule has 0 saturated carbocycles. The van der Waals surface area contributed by atoms with E-state index >= 15 is 0 Å². The van der Waals surface area contributed by atoms with Crippen LogP contribution >= 0.6 is 0 Å². The third kappa shape index (κ3) is 5.25. The lowest BCUT2D eigenvalue weighted by Gasteiger charge is -2.16. The van der Waals surface area contributed by atoms with Crippen LogP contribution in [0.15, 0.2) is 36.5 Å². The average molecular weight is 445 g/mol.